The SMILES string of the molecule is CCOC(=O)n1nc([C@H]2CC[C@@H](OC(=O)NC3(C)CCC3)C2)cc1N. The van der Waals surface area contributed by atoms with Crippen molar-refractivity contribution < 1.29 is 19.1 Å². The fraction of sp³-hybridized carbons (Fsp3) is 0.706. The molecule has 0 aliphatic heterocycles. The lowest BCUT2D eigenvalue weighted by molar-refractivity contribution is 0.0813. The van der Waals surface area contributed by atoms with Gasteiger partial charge in [0.05, 0.1) is 12.3 Å². The first-order valence-corrected chi connectivity index (χ1v) is 8.91. The number of rotatable bonds is 4. The van der Waals surface area contributed by atoms with Crippen LogP contribution in [0.3, 0.4) is 0 Å². The van der Waals surface area contributed by atoms with Crippen molar-refractivity contribution in [1.29, 1.82) is 0 Å². The van der Waals surface area contributed by atoms with Crippen molar-refractivity contribution >= 4 is 18.0 Å². The maximum Gasteiger partial charge on any atom is 0.436 e. The second-order valence-corrected chi connectivity index (χ2v) is 7.18. The molecule has 0 bridgehead atoms. The molecular formula is C17H26N4O4. The number of hydrogen-bond donors (Lipinski definition) is 2. The van der Waals surface area contributed by atoms with Crippen LogP contribution < -0.4 is 11.1 Å². The molecule has 8 heteroatoms. The van der Waals surface area contributed by atoms with Gasteiger partial charge in [0.1, 0.15) is 11.9 Å². The highest BCUT2D eigenvalue weighted by Crippen LogP contribution is 2.36. The average molecular weight is 350 g/mol. The van der Waals surface area contributed by atoms with E-state index >= 15 is 0 Å². The van der Waals surface area contributed by atoms with Crippen LogP contribution in [-0.4, -0.2) is 40.2 Å². The molecule has 0 spiro atoms. The van der Waals surface area contributed by atoms with Crippen LogP contribution in [0.4, 0.5) is 15.4 Å². The number of nitrogen functional groups attached to an aromatic ring is 1. The average Bonchev–Trinajstić information content (AvgIpc) is 3.12. The molecule has 3 N–H and O–H groups in total. The number of ether oxygens (including phenoxy) is 2. The lowest BCUT2D eigenvalue weighted by Gasteiger charge is -2.38. The van der Waals surface area contributed by atoms with Crippen LogP contribution in [0, 0.1) is 0 Å². The van der Waals surface area contributed by atoms with Gasteiger partial charge in [0.25, 0.3) is 0 Å². The Hall–Kier alpha value is -2.25. The number of aromatic nitrogens is 2. The van der Waals surface area contributed by atoms with Crippen molar-refractivity contribution in [3.8, 4) is 0 Å². The smallest absolute Gasteiger partial charge is 0.436 e. The maximum absolute atomic E-state index is 12.0. The zero-order chi connectivity index (χ0) is 18.0. The monoisotopic (exact) mass is 350 g/mol. The number of nitrogens with zero attached hydrogens (tertiary/aromatic N) is 2. The lowest BCUT2D eigenvalue weighted by atomic mass is 9.79. The summed E-state index contributed by atoms with van der Waals surface area (Å²) in [5, 5.41) is 7.22. The number of carbonyl (C=O) groups excluding carboxylic acids is 2. The molecule has 2 fully saturated rings. The highest BCUT2D eigenvalue weighted by Gasteiger charge is 2.36. The van der Waals surface area contributed by atoms with Gasteiger partial charge in [0.15, 0.2) is 0 Å². The van der Waals surface area contributed by atoms with E-state index in [1.54, 1.807) is 13.0 Å². The van der Waals surface area contributed by atoms with Gasteiger partial charge in [-0.15, -0.1) is 4.68 Å². The summed E-state index contributed by atoms with van der Waals surface area (Å²) in [7, 11) is 0. The van der Waals surface area contributed by atoms with Gasteiger partial charge in [-0.05, 0) is 52.4 Å². The second-order valence-electron chi connectivity index (χ2n) is 7.18. The van der Waals surface area contributed by atoms with E-state index in [9.17, 15) is 9.59 Å². The number of amides is 1. The van der Waals surface area contributed by atoms with E-state index in [0.717, 1.165) is 42.5 Å². The van der Waals surface area contributed by atoms with Gasteiger partial charge in [0, 0.05) is 17.5 Å². The van der Waals surface area contributed by atoms with Crippen LogP contribution in [0.1, 0.15) is 64.0 Å². The van der Waals surface area contributed by atoms with Crippen molar-refractivity contribution in [2.75, 3.05) is 12.3 Å². The van der Waals surface area contributed by atoms with Gasteiger partial charge in [-0.3, -0.25) is 0 Å². The normalized spacial score (nSPS) is 24.4. The van der Waals surface area contributed by atoms with E-state index in [1.165, 1.54) is 0 Å². The molecule has 0 unspecified atom stereocenters. The quantitative estimate of drug-likeness (QED) is 0.864. The van der Waals surface area contributed by atoms with E-state index in [0.29, 0.717) is 6.42 Å². The van der Waals surface area contributed by atoms with Gasteiger partial charge in [0.2, 0.25) is 0 Å². The van der Waals surface area contributed by atoms with Gasteiger partial charge < -0.3 is 20.5 Å². The summed E-state index contributed by atoms with van der Waals surface area (Å²) in [6.45, 7) is 4.04. The summed E-state index contributed by atoms with van der Waals surface area (Å²) in [6.07, 6.45) is 4.39. The first-order valence-electron chi connectivity index (χ1n) is 8.91. The molecular weight excluding hydrogens is 324 g/mol. The van der Waals surface area contributed by atoms with Gasteiger partial charge >= 0.3 is 12.2 Å². The van der Waals surface area contributed by atoms with Crippen molar-refractivity contribution in [2.45, 2.75) is 69.9 Å². The Morgan fingerprint density at radius 1 is 1.44 bits per heavy atom. The molecule has 3 rings (SSSR count). The topological polar surface area (TPSA) is 108 Å². The molecule has 25 heavy (non-hydrogen) atoms. The highest BCUT2D eigenvalue weighted by molar-refractivity contribution is 5.73. The lowest BCUT2D eigenvalue weighted by Crippen LogP contribution is -2.51. The van der Waals surface area contributed by atoms with Crippen molar-refractivity contribution in [1.82, 2.24) is 15.1 Å². The van der Waals surface area contributed by atoms with Crippen LogP contribution in [0.25, 0.3) is 0 Å². The first-order chi connectivity index (χ1) is 11.9. The highest BCUT2D eigenvalue weighted by atomic mass is 16.6. The molecule has 0 aromatic carbocycles. The summed E-state index contributed by atoms with van der Waals surface area (Å²) in [6, 6.07) is 1.69. The summed E-state index contributed by atoms with van der Waals surface area (Å²) in [5.74, 6) is 0.378. The van der Waals surface area contributed by atoms with E-state index in [4.69, 9.17) is 15.2 Å². The molecule has 1 aromatic heterocycles. The number of hydrogen-bond acceptors (Lipinski definition) is 6. The molecule has 2 aliphatic carbocycles. The molecule has 138 valence electrons. The van der Waals surface area contributed by atoms with Crippen LogP contribution in [-0.2, 0) is 9.47 Å². The second kappa shape index (κ2) is 6.93. The maximum atomic E-state index is 12.0. The largest absolute Gasteiger partial charge is 0.448 e. The number of alkyl carbamates (subject to hydrolysis) is 1. The van der Waals surface area contributed by atoms with E-state index in [-0.39, 0.29) is 36.1 Å². The summed E-state index contributed by atoms with van der Waals surface area (Å²) in [4.78, 5) is 23.8. The Morgan fingerprint density at radius 3 is 2.84 bits per heavy atom. The van der Waals surface area contributed by atoms with Crippen LogP contribution >= 0.6 is 0 Å². The van der Waals surface area contributed by atoms with Gasteiger partial charge in [-0.1, -0.05) is 0 Å². The third-order valence-corrected chi connectivity index (χ3v) is 5.13. The van der Waals surface area contributed by atoms with E-state index in [1.807, 2.05) is 6.92 Å². The summed E-state index contributed by atoms with van der Waals surface area (Å²) < 4.78 is 11.6. The van der Waals surface area contributed by atoms with E-state index < -0.39 is 6.09 Å². The van der Waals surface area contributed by atoms with E-state index in [2.05, 4.69) is 10.4 Å². The molecule has 0 saturated heterocycles. The third kappa shape index (κ3) is 3.88. The molecule has 1 aromatic rings. The number of nitrogens with one attached hydrogen (secondary N) is 1. The predicted octanol–water partition coefficient (Wildman–Crippen LogP) is 2.77. The predicted molar refractivity (Wildman–Crippen MR) is 91.3 cm³/mol. The Bertz CT molecular complexity index is 653. The Labute approximate surface area is 147 Å². The van der Waals surface area contributed by atoms with Gasteiger partial charge in [-0.25, -0.2) is 9.59 Å². The first kappa shape index (κ1) is 17.6. The number of nitrogens with two attached hydrogens (primary N) is 1. The van der Waals surface area contributed by atoms with Crippen molar-refractivity contribution in [3.05, 3.63) is 11.8 Å². The summed E-state index contributed by atoms with van der Waals surface area (Å²) >= 11 is 0. The van der Waals surface area contributed by atoms with Crippen LogP contribution in [0.15, 0.2) is 6.07 Å². The Balaban J connectivity index is 1.55. The summed E-state index contributed by atoms with van der Waals surface area (Å²) in [5.41, 5.74) is 6.48. The van der Waals surface area contributed by atoms with Crippen LogP contribution in [0.5, 0.6) is 0 Å². The number of carbonyl (C=O) groups is 2. The Morgan fingerprint density at radius 2 is 2.20 bits per heavy atom. The fourth-order valence-corrected chi connectivity index (χ4v) is 3.52. The van der Waals surface area contributed by atoms with Crippen LogP contribution in [0.2, 0.25) is 0 Å². The zero-order valence-corrected chi connectivity index (χ0v) is 14.8. The minimum Gasteiger partial charge on any atom is -0.448 e. The molecule has 1 amide bonds. The minimum absolute atomic E-state index is 0.109. The third-order valence-electron chi connectivity index (χ3n) is 5.13. The van der Waals surface area contributed by atoms with Crippen molar-refractivity contribution in [2.24, 2.45) is 0 Å². The molecule has 1 heterocycles. The number of anilines is 1. The van der Waals surface area contributed by atoms with Gasteiger partial charge in [-0.2, -0.15) is 5.10 Å². The standard InChI is InChI=1S/C17H26N4O4/c1-3-24-16(23)21-14(18)10-13(20-21)11-5-6-12(9-11)25-15(22)19-17(2)7-4-8-17/h10-12H,3-9,18H2,1-2H3,(H,19,22)/t11-,12+/m0/s1. The molecule has 8 nitrogen and oxygen atoms in total. The minimum atomic E-state index is -0.579. The Kier molecular flexibility index (Phi) is 4.87. The fourth-order valence-electron chi connectivity index (χ4n) is 3.52. The molecule has 2 saturated carbocycles. The zero-order valence-electron chi connectivity index (χ0n) is 14.8. The molecule has 2 aliphatic rings. The molecule has 0 radical (unpaired) electrons. The molecule has 2 atom stereocenters. The van der Waals surface area contributed by atoms with Crippen molar-refractivity contribution in [3.63, 3.8) is 0 Å².